The van der Waals surface area contributed by atoms with Gasteiger partial charge in [0.25, 0.3) is 0 Å². The molecule has 27 heavy (non-hydrogen) atoms. The number of esters is 1. The third-order valence-electron chi connectivity index (χ3n) is 2.98. The molecule has 1 atom stereocenters. The fourth-order valence-electron chi connectivity index (χ4n) is 1.88. The minimum atomic E-state index is -1.58. The van der Waals surface area contributed by atoms with Gasteiger partial charge in [-0.15, -0.1) is 0 Å². The summed E-state index contributed by atoms with van der Waals surface area (Å²) in [6.07, 6.45) is -1.01. The highest BCUT2D eigenvalue weighted by Gasteiger charge is 2.28. The highest BCUT2D eigenvalue weighted by molar-refractivity contribution is 5.94. The van der Waals surface area contributed by atoms with Crippen LogP contribution in [0.4, 0.5) is 10.5 Å². The van der Waals surface area contributed by atoms with E-state index in [0.717, 1.165) is 13.2 Å². The number of methoxy groups -OCH3 is 1. The summed E-state index contributed by atoms with van der Waals surface area (Å²) in [6, 6.07) is 1.99. The number of rotatable bonds is 7. The van der Waals surface area contributed by atoms with Gasteiger partial charge >= 0.3 is 23.7 Å². The van der Waals surface area contributed by atoms with E-state index in [-0.39, 0.29) is 5.56 Å². The van der Waals surface area contributed by atoms with Crippen molar-refractivity contribution < 1.29 is 38.6 Å². The number of nitro groups is 1. The molecule has 0 aliphatic heterocycles. The van der Waals surface area contributed by atoms with Crippen LogP contribution in [0.25, 0.3) is 0 Å². The van der Waals surface area contributed by atoms with Gasteiger partial charge < -0.3 is 24.6 Å². The molecule has 0 aliphatic rings. The molecule has 0 fully saturated rings. The van der Waals surface area contributed by atoms with Gasteiger partial charge in [-0.3, -0.25) is 10.1 Å². The van der Waals surface area contributed by atoms with E-state index in [1.807, 2.05) is 0 Å². The number of nitrogens with one attached hydrogen (secondary N) is 1. The van der Waals surface area contributed by atoms with Gasteiger partial charge in [0.15, 0.2) is 6.04 Å². The molecule has 0 saturated heterocycles. The minimum absolute atomic E-state index is 0.256. The van der Waals surface area contributed by atoms with E-state index in [1.165, 1.54) is 12.1 Å². The summed E-state index contributed by atoms with van der Waals surface area (Å²) in [6.45, 7) is 4.09. The zero-order valence-corrected chi connectivity index (χ0v) is 15.2. The summed E-state index contributed by atoms with van der Waals surface area (Å²) >= 11 is 0. The molecule has 2 N–H and O–H groups in total. The molecule has 0 heterocycles. The van der Waals surface area contributed by atoms with Crippen LogP contribution < -0.4 is 10.1 Å². The smallest absolute Gasteiger partial charge is 0.408 e. The van der Waals surface area contributed by atoms with Crippen molar-refractivity contribution in [1.82, 2.24) is 5.32 Å². The zero-order valence-electron chi connectivity index (χ0n) is 15.2. The number of carbonyl (C=O) groups is 3. The van der Waals surface area contributed by atoms with Crippen molar-refractivity contribution in [3.63, 3.8) is 0 Å². The Morgan fingerprint density at radius 3 is 2.41 bits per heavy atom. The van der Waals surface area contributed by atoms with Crippen molar-refractivity contribution >= 4 is 23.7 Å². The summed E-state index contributed by atoms with van der Waals surface area (Å²) in [5.41, 5.74) is -1.67. The Morgan fingerprint density at radius 1 is 1.30 bits per heavy atom. The SMILES string of the molecule is COC(=O)c1cccc([N+](=O)[O-])c1OCC(NC(=O)OC(C)(C)C)C(=O)O. The summed E-state index contributed by atoms with van der Waals surface area (Å²) in [7, 11) is 1.08. The van der Waals surface area contributed by atoms with Gasteiger partial charge in [0.05, 0.1) is 12.0 Å². The van der Waals surface area contributed by atoms with Crippen LogP contribution in [0.5, 0.6) is 5.75 Å². The Labute approximate surface area is 154 Å². The number of alkyl carbamates (subject to hydrolysis) is 1. The van der Waals surface area contributed by atoms with E-state index in [1.54, 1.807) is 20.8 Å². The molecule has 0 aromatic heterocycles. The lowest BCUT2D eigenvalue weighted by Crippen LogP contribution is -2.46. The molecule has 1 aromatic carbocycles. The normalized spacial score (nSPS) is 11.9. The van der Waals surface area contributed by atoms with Crippen molar-refractivity contribution in [3.8, 4) is 5.75 Å². The fourth-order valence-corrected chi connectivity index (χ4v) is 1.88. The third-order valence-corrected chi connectivity index (χ3v) is 2.98. The van der Waals surface area contributed by atoms with E-state index in [2.05, 4.69) is 10.1 Å². The van der Waals surface area contributed by atoms with Crippen molar-refractivity contribution in [2.24, 2.45) is 0 Å². The Hall–Kier alpha value is -3.37. The lowest BCUT2D eigenvalue weighted by atomic mass is 10.1. The zero-order chi connectivity index (χ0) is 20.8. The molecule has 1 aromatic rings. The van der Waals surface area contributed by atoms with Crippen LogP contribution in [0.2, 0.25) is 0 Å². The highest BCUT2D eigenvalue weighted by Crippen LogP contribution is 2.31. The Bertz CT molecular complexity index is 740. The van der Waals surface area contributed by atoms with Crippen molar-refractivity contribution in [2.45, 2.75) is 32.4 Å². The average molecular weight is 384 g/mol. The molecule has 148 valence electrons. The van der Waals surface area contributed by atoms with Gasteiger partial charge in [0.2, 0.25) is 5.75 Å². The van der Waals surface area contributed by atoms with Crippen molar-refractivity contribution in [1.29, 1.82) is 0 Å². The van der Waals surface area contributed by atoms with E-state index >= 15 is 0 Å². The van der Waals surface area contributed by atoms with Gasteiger partial charge in [-0.25, -0.2) is 14.4 Å². The van der Waals surface area contributed by atoms with Crippen molar-refractivity contribution in [3.05, 3.63) is 33.9 Å². The number of para-hydroxylation sites is 1. The van der Waals surface area contributed by atoms with Crippen LogP contribution in [0.1, 0.15) is 31.1 Å². The first kappa shape index (κ1) is 21.7. The second-order valence-electron chi connectivity index (χ2n) is 6.25. The summed E-state index contributed by atoms with van der Waals surface area (Å²) in [5.74, 6) is -2.83. The maximum Gasteiger partial charge on any atom is 0.408 e. The largest absolute Gasteiger partial charge is 0.483 e. The van der Waals surface area contributed by atoms with Crippen LogP contribution >= 0.6 is 0 Å². The predicted molar refractivity (Wildman–Crippen MR) is 90.7 cm³/mol. The lowest BCUT2D eigenvalue weighted by molar-refractivity contribution is -0.385. The second kappa shape index (κ2) is 8.83. The summed E-state index contributed by atoms with van der Waals surface area (Å²) in [5, 5.41) is 22.5. The molecule has 0 bridgehead atoms. The monoisotopic (exact) mass is 384 g/mol. The number of hydrogen-bond acceptors (Lipinski definition) is 8. The first-order chi connectivity index (χ1) is 12.5. The fraction of sp³-hybridized carbons (Fsp3) is 0.438. The summed E-state index contributed by atoms with van der Waals surface area (Å²) < 4.78 is 14.7. The molecular weight excluding hydrogens is 364 g/mol. The molecule has 1 amide bonds. The first-order valence-electron chi connectivity index (χ1n) is 7.67. The highest BCUT2D eigenvalue weighted by atomic mass is 16.6. The van der Waals surface area contributed by atoms with E-state index in [9.17, 15) is 29.6 Å². The molecule has 0 aliphatic carbocycles. The molecule has 0 radical (unpaired) electrons. The average Bonchev–Trinajstić information content (AvgIpc) is 2.55. The first-order valence-corrected chi connectivity index (χ1v) is 7.67. The molecule has 1 unspecified atom stereocenters. The number of ether oxygens (including phenoxy) is 3. The van der Waals surface area contributed by atoms with Gasteiger partial charge in [-0.2, -0.15) is 0 Å². The Morgan fingerprint density at radius 2 is 1.93 bits per heavy atom. The number of carboxylic acid groups (broad SMARTS) is 1. The lowest BCUT2D eigenvalue weighted by Gasteiger charge is -2.22. The number of amides is 1. The van der Waals surface area contributed by atoms with E-state index in [4.69, 9.17) is 9.47 Å². The molecule has 11 nitrogen and oxygen atoms in total. The Balaban J connectivity index is 3.04. The van der Waals surface area contributed by atoms with Gasteiger partial charge in [-0.1, -0.05) is 6.07 Å². The van der Waals surface area contributed by atoms with Crippen LogP contribution in [0, 0.1) is 10.1 Å². The maximum absolute atomic E-state index is 11.8. The van der Waals surface area contributed by atoms with Crippen molar-refractivity contribution in [2.75, 3.05) is 13.7 Å². The molecule has 11 heteroatoms. The maximum atomic E-state index is 11.8. The third kappa shape index (κ3) is 6.45. The quantitative estimate of drug-likeness (QED) is 0.406. The number of carbonyl (C=O) groups excluding carboxylic acids is 2. The van der Waals surface area contributed by atoms with Crippen LogP contribution in [-0.2, 0) is 14.3 Å². The van der Waals surface area contributed by atoms with Crippen LogP contribution in [0.3, 0.4) is 0 Å². The summed E-state index contributed by atoms with van der Waals surface area (Å²) in [4.78, 5) is 45.3. The van der Waals surface area contributed by atoms with Gasteiger partial charge in [0, 0.05) is 6.07 Å². The van der Waals surface area contributed by atoms with Crippen LogP contribution in [0.15, 0.2) is 18.2 Å². The molecular formula is C16H20N2O9. The standard InChI is InChI=1S/C16H20N2O9/c1-16(2,3)27-15(22)17-10(13(19)20)8-26-12-9(14(21)25-4)6-5-7-11(12)18(23)24/h5-7,10H,8H2,1-4H3,(H,17,22)(H,19,20). The second-order valence-corrected chi connectivity index (χ2v) is 6.25. The molecule has 0 spiro atoms. The number of hydrogen-bond donors (Lipinski definition) is 2. The van der Waals surface area contributed by atoms with E-state index in [0.29, 0.717) is 0 Å². The van der Waals surface area contributed by atoms with E-state index < -0.39 is 52.6 Å². The van der Waals surface area contributed by atoms with Gasteiger partial charge in [-0.05, 0) is 26.8 Å². The number of carboxylic acids is 1. The van der Waals surface area contributed by atoms with Gasteiger partial charge in [0.1, 0.15) is 17.8 Å². The Kier molecular flexibility index (Phi) is 7.09. The van der Waals surface area contributed by atoms with Crippen LogP contribution in [-0.4, -0.2) is 53.4 Å². The number of benzene rings is 1. The number of nitrogens with zero attached hydrogens (tertiary/aromatic N) is 1. The number of aliphatic carboxylic acids is 1. The number of nitro benzene ring substituents is 1. The molecule has 0 saturated carbocycles. The molecule has 1 rings (SSSR count). The topological polar surface area (TPSA) is 154 Å². The minimum Gasteiger partial charge on any atom is -0.483 e. The predicted octanol–water partition coefficient (Wildman–Crippen LogP) is 1.74.